The van der Waals surface area contributed by atoms with E-state index in [1.165, 1.54) is 16.0 Å². The second-order valence-electron chi connectivity index (χ2n) is 4.42. The van der Waals surface area contributed by atoms with Crippen molar-refractivity contribution in [3.05, 3.63) is 29.3 Å². The summed E-state index contributed by atoms with van der Waals surface area (Å²) < 4.78 is 5.01. The lowest BCUT2D eigenvalue weighted by Crippen LogP contribution is -2.19. The van der Waals surface area contributed by atoms with Crippen molar-refractivity contribution in [1.82, 2.24) is 5.32 Å². The van der Waals surface area contributed by atoms with Crippen LogP contribution >= 0.6 is 11.8 Å². The SMILES string of the molecule is COCCNCc1ccc(SC(C)C)cc1C. The topological polar surface area (TPSA) is 21.3 Å². The van der Waals surface area contributed by atoms with Gasteiger partial charge in [-0.25, -0.2) is 0 Å². The molecule has 3 heteroatoms. The average Bonchev–Trinajstić information content (AvgIpc) is 2.26. The summed E-state index contributed by atoms with van der Waals surface area (Å²) in [6.07, 6.45) is 0. The van der Waals surface area contributed by atoms with E-state index in [9.17, 15) is 0 Å². The average molecular weight is 253 g/mol. The summed E-state index contributed by atoms with van der Waals surface area (Å²) in [7, 11) is 1.73. The highest BCUT2D eigenvalue weighted by Gasteiger charge is 2.02. The van der Waals surface area contributed by atoms with Crippen LogP contribution in [0, 0.1) is 6.92 Å². The second kappa shape index (κ2) is 7.75. The normalized spacial score (nSPS) is 11.1. The molecule has 0 bridgehead atoms. The smallest absolute Gasteiger partial charge is 0.0587 e. The number of hydrogen-bond donors (Lipinski definition) is 1. The molecule has 0 aliphatic rings. The molecule has 0 radical (unpaired) electrons. The predicted octanol–water partition coefficient (Wildman–Crippen LogP) is 3.23. The minimum atomic E-state index is 0.639. The van der Waals surface area contributed by atoms with Gasteiger partial charge in [-0.1, -0.05) is 19.9 Å². The third kappa shape index (κ3) is 5.57. The van der Waals surface area contributed by atoms with Gasteiger partial charge in [-0.3, -0.25) is 0 Å². The fraction of sp³-hybridized carbons (Fsp3) is 0.571. The molecule has 0 aliphatic carbocycles. The number of thioether (sulfide) groups is 1. The minimum absolute atomic E-state index is 0.639. The first kappa shape index (κ1) is 14.6. The minimum Gasteiger partial charge on any atom is -0.383 e. The molecular weight excluding hydrogens is 230 g/mol. The molecular formula is C14H23NOS. The molecule has 0 unspecified atom stereocenters. The van der Waals surface area contributed by atoms with Crippen LogP contribution < -0.4 is 5.32 Å². The third-order valence-corrected chi connectivity index (χ3v) is 3.48. The van der Waals surface area contributed by atoms with E-state index in [0.717, 1.165) is 19.7 Å². The van der Waals surface area contributed by atoms with Gasteiger partial charge >= 0.3 is 0 Å². The molecule has 0 aromatic heterocycles. The van der Waals surface area contributed by atoms with Gasteiger partial charge in [-0.2, -0.15) is 0 Å². The molecule has 0 atom stereocenters. The molecule has 0 heterocycles. The molecule has 17 heavy (non-hydrogen) atoms. The van der Waals surface area contributed by atoms with Gasteiger partial charge in [0.05, 0.1) is 6.61 Å². The van der Waals surface area contributed by atoms with Crippen LogP contribution in [0.15, 0.2) is 23.1 Å². The van der Waals surface area contributed by atoms with Gasteiger partial charge in [0.15, 0.2) is 0 Å². The van der Waals surface area contributed by atoms with Crippen LogP contribution in [-0.2, 0) is 11.3 Å². The van der Waals surface area contributed by atoms with Crippen LogP contribution in [0.2, 0.25) is 0 Å². The van der Waals surface area contributed by atoms with Crippen LogP contribution in [0.25, 0.3) is 0 Å². The lowest BCUT2D eigenvalue weighted by Gasteiger charge is -2.10. The maximum Gasteiger partial charge on any atom is 0.0587 e. The van der Waals surface area contributed by atoms with E-state index < -0.39 is 0 Å². The molecule has 2 nitrogen and oxygen atoms in total. The number of methoxy groups -OCH3 is 1. The van der Waals surface area contributed by atoms with E-state index in [1.807, 2.05) is 11.8 Å². The van der Waals surface area contributed by atoms with E-state index >= 15 is 0 Å². The van der Waals surface area contributed by atoms with E-state index in [2.05, 4.69) is 44.3 Å². The third-order valence-electron chi connectivity index (χ3n) is 2.48. The number of nitrogens with one attached hydrogen (secondary N) is 1. The monoisotopic (exact) mass is 253 g/mol. The van der Waals surface area contributed by atoms with Crippen LogP contribution in [0.3, 0.4) is 0 Å². The zero-order valence-electron chi connectivity index (χ0n) is 11.2. The lowest BCUT2D eigenvalue weighted by molar-refractivity contribution is 0.199. The number of benzene rings is 1. The first-order chi connectivity index (χ1) is 8.13. The summed E-state index contributed by atoms with van der Waals surface area (Å²) in [5.74, 6) is 0. The zero-order chi connectivity index (χ0) is 12.7. The Balaban J connectivity index is 2.51. The molecule has 0 spiro atoms. The fourth-order valence-electron chi connectivity index (χ4n) is 1.61. The summed E-state index contributed by atoms with van der Waals surface area (Å²) in [5, 5.41) is 4.01. The standard InChI is InChI=1S/C14H23NOS/c1-11(2)17-14-6-5-13(12(3)9-14)10-15-7-8-16-4/h5-6,9,11,15H,7-8,10H2,1-4H3. The van der Waals surface area contributed by atoms with Crippen molar-refractivity contribution < 1.29 is 4.74 Å². The largest absolute Gasteiger partial charge is 0.383 e. The first-order valence-electron chi connectivity index (χ1n) is 6.09. The summed E-state index contributed by atoms with van der Waals surface area (Å²) in [5.41, 5.74) is 2.73. The van der Waals surface area contributed by atoms with Gasteiger partial charge in [-0.05, 0) is 30.2 Å². The number of aryl methyl sites for hydroxylation is 1. The fourth-order valence-corrected chi connectivity index (χ4v) is 2.55. The molecule has 1 aromatic rings. The van der Waals surface area contributed by atoms with Crippen LogP contribution in [0.1, 0.15) is 25.0 Å². The highest BCUT2D eigenvalue weighted by atomic mass is 32.2. The second-order valence-corrected chi connectivity index (χ2v) is 6.07. The highest BCUT2D eigenvalue weighted by Crippen LogP contribution is 2.24. The summed E-state index contributed by atoms with van der Waals surface area (Å²) in [4.78, 5) is 1.36. The van der Waals surface area contributed by atoms with Gasteiger partial charge in [0, 0.05) is 30.3 Å². The van der Waals surface area contributed by atoms with E-state index in [4.69, 9.17) is 4.74 Å². The van der Waals surface area contributed by atoms with Crippen molar-refractivity contribution in [2.24, 2.45) is 0 Å². The molecule has 1 N–H and O–H groups in total. The maximum absolute atomic E-state index is 5.01. The molecule has 1 aromatic carbocycles. The van der Waals surface area contributed by atoms with Crippen molar-refractivity contribution in [3.63, 3.8) is 0 Å². The first-order valence-corrected chi connectivity index (χ1v) is 6.97. The molecule has 96 valence electrons. The Morgan fingerprint density at radius 1 is 1.35 bits per heavy atom. The van der Waals surface area contributed by atoms with E-state index in [1.54, 1.807) is 7.11 Å². The van der Waals surface area contributed by atoms with Crippen molar-refractivity contribution in [2.75, 3.05) is 20.3 Å². The van der Waals surface area contributed by atoms with Crippen LogP contribution in [0.4, 0.5) is 0 Å². The Hall–Kier alpha value is -0.510. The Bertz CT molecular complexity index is 339. The zero-order valence-corrected chi connectivity index (χ0v) is 12.1. The van der Waals surface area contributed by atoms with Gasteiger partial charge in [0.25, 0.3) is 0 Å². The van der Waals surface area contributed by atoms with Gasteiger partial charge < -0.3 is 10.1 Å². The highest BCUT2D eigenvalue weighted by molar-refractivity contribution is 7.99. The quantitative estimate of drug-likeness (QED) is 0.595. The molecule has 0 aliphatic heterocycles. The van der Waals surface area contributed by atoms with Gasteiger partial charge in [0.1, 0.15) is 0 Å². The predicted molar refractivity (Wildman–Crippen MR) is 75.8 cm³/mol. The number of hydrogen-bond acceptors (Lipinski definition) is 3. The molecule has 0 saturated heterocycles. The summed E-state index contributed by atoms with van der Waals surface area (Å²) >= 11 is 1.91. The van der Waals surface area contributed by atoms with Gasteiger partial charge in [0.2, 0.25) is 0 Å². The maximum atomic E-state index is 5.01. The van der Waals surface area contributed by atoms with Crippen molar-refractivity contribution in [1.29, 1.82) is 0 Å². The van der Waals surface area contributed by atoms with E-state index in [0.29, 0.717) is 5.25 Å². The number of ether oxygens (including phenoxy) is 1. The Kier molecular flexibility index (Phi) is 6.63. The summed E-state index contributed by atoms with van der Waals surface area (Å²) in [6, 6.07) is 6.71. The molecule has 0 fully saturated rings. The summed E-state index contributed by atoms with van der Waals surface area (Å²) in [6.45, 7) is 9.21. The molecule has 0 saturated carbocycles. The lowest BCUT2D eigenvalue weighted by atomic mass is 10.1. The molecule has 1 rings (SSSR count). The van der Waals surface area contributed by atoms with Gasteiger partial charge in [-0.15, -0.1) is 11.8 Å². The van der Waals surface area contributed by atoms with Crippen molar-refractivity contribution in [3.8, 4) is 0 Å². The van der Waals surface area contributed by atoms with Crippen LogP contribution in [0.5, 0.6) is 0 Å². The Labute approximate surface area is 109 Å². The van der Waals surface area contributed by atoms with E-state index in [-0.39, 0.29) is 0 Å². The molecule has 0 amide bonds. The number of rotatable bonds is 7. The Morgan fingerprint density at radius 2 is 2.12 bits per heavy atom. The Morgan fingerprint density at radius 3 is 2.71 bits per heavy atom. The van der Waals surface area contributed by atoms with Crippen molar-refractivity contribution in [2.45, 2.75) is 37.5 Å². The van der Waals surface area contributed by atoms with Crippen LogP contribution in [-0.4, -0.2) is 25.5 Å². The van der Waals surface area contributed by atoms with Crippen molar-refractivity contribution >= 4 is 11.8 Å².